The number of nitriles is 1. The van der Waals surface area contributed by atoms with Crippen LogP contribution in [-0.4, -0.2) is 14.8 Å². The van der Waals surface area contributed by atoms with Gasteiger partial charge in [0.15, 0.2) is 5.69 Å². The average molecular weight is 230 g/mol. The molecule has 0 unspecified atom stereocenters. The Morgan fingerprint density at radius 3 is 2.94 bits per heavy atom. The third-order valence-electron chi connectivity index (χ3n) is 2.05. The molecule has 0 spiro atoms. The highest BCUT2D eigenvalue weighted by Gasteiger charge is 2.08. The first-order valence-corrected chi connectivity index (χ1v) is 5.56. The van der Waals surface area contributed by atoms with Crippen molar-refractivity contribution in [3.63, 3.8) is 0 Å². The Labute approximate surface area is 97.9 Å². The number of hydrogen-bond donors (Lipinski definition) is 0. The zero-order valence-electron chi connectivity index (χ0n) is 9.01. The van der Waals surface area contributed by atoms with E-state index in [0.717, 1.165) is 15.6 Å². The van der Waals surface area contributed by atoms with Gasteiger partial charge < -0.3 is 0 Å². The first kappa shape index (κ1) is 10.7. The van der Waals surface area contributed by atoms with Gasteiger partial charge in [-0.05, 0) is 25.1 Å². The topological polar surface area (TPSA) is 54.5 Å². The summed E-state index contributed by atoms with van der Waals surface area (Å²) in [6, 6.07) is 7.78. The molecule has 0 saturated carbocycles. The van der Waals surface area contributed by atoms with E-state index < -0.39 is 0 Å². The zero-order valence-corrected chi connectivity index (χ0v) is 9.82. The molecule has 0 saturated heterocycles. The van der Waals surface area contributed by atoms with Gasteiger partial charge in [0, 0.05) is 13.2 Å². The molecular formula is C11H10N4S. The van der Waals surface area contributed by atoms with Gasteiger partial charge in [-0.1, -0.05) is 11.8 Å². The van der Waals surface area contributed by atoms with Crippen molar-refractivity contribution >= 4 is 11.8 Å². The highest BCUT2D eigenvalue weighted by molar-refractivity contribution is 7.99. The lowest BCUT2D eigenvalue weighted by molar-refractivity contribution is 0.692. The van der Waals surface area contributed by atoms with Gasteiger partial charge in [0.25, 0.3) is 0 Å². The monoisotopic (exact) mass is 230 g/mol. The number of aromatic nitrogens is 3. The highest BCUT2D eigenvalue weighted by Crippen LogP contribution is 2.29. The summed E-state index contributed by atoms with van der Waals surface area (Å²) < 4.78 is 1.80. The molecule has 0 aromatic carbocycles. The summed E-state index contributed by atoms with van der Waals surface area (Å²) in [5.41, 5.74) is 1.42. The Hall–Kier alpha value is -1.80. The van der Waals surface area contributed by atoms with Crippen molar-refractivity contribution < 1.29 is 0 Å². The van der Waals surface area contributed by atoms with Crippen LogP contribution in [-0.2, 0) is 7.05 Å². The molecule has 2 heterocycles. The van der Waals surface area contributed by atoms with Gasteiger partial charge in [0.1, 0.15) is 6.07 Å². The van der Waals surface area contributed by atoms with Crippen molar-refractivity contribution in [1.29, 1.82) is 5.26 Å². The zero-order chi connectivity index (χ0) is 11.5. The van der Waals surface area contributed by atoms with Gasteiger partial charge in [-0.25, -0.2) is 4.98 Å². The third kappa shape index (κ3) is 2.07. The molecule has 0 aliphatic carbocycles. The minimum Gasteiger partial charge on any atom is -0.262 e. The molecule has 2 aromatic rings. The Morgan fingerprint density at radius 2 is 2.31 bits per heavy atom. The minimum absolute atomic E-state index is 0.450. The van der Waals surface area contributed by atoms with Gasteiger partial charge in [0.2, 0.25) is 0 Å². The summed E-state index contributed by atoms with van der Waals surface area (Å²) in [6.45, 7) is 1.94. The van der Waals surface area contributed by atoms with E-state index in [-0.39, 0.29) is 0 Å². The summed E-state index contributed by atoms with van der Waals surface area (Å²) in [6.07, 6.45) is 1.62. The van der Waals surface area contributed by atoms with E-state index in [1.807, 2.05) is 32.2 Å². The predicted octanol–water partition coefficient (Wildman–Crippen LogP) is 2.15. The fraction of sp³-hybridized carbons (Fsp3) is 0.182. The molecule has 0 aliphatic rings. The summed E-state index contributed by atoms with van der Waals surface area (Å²) in [5, 5.41) is 14.2. The fourth-order valence-electron chi connectivity index (χ4n) is 1.35. The van der Waals surface area contributed by atoms with Crippen LogP contribution in [0.5, 0.6) is 0 Å². The van der Waals surface area contributed by atoms with Crippen LogP contribution >= 0.6 is 11.8 Å². The minimum atomic E-state index is 0.450. The van der Waals surface area contributed by atoms with Crippen molar-refractivity contribution in [1.82, 2.24) is 14.8 Å². The lowest BCUT2D eigenvalue weighted by Crippen LogP contribution is -1.93. The largest absolute Gasteiger partial charge is 0.262 e. The lowest BCUT2D eigenvalue weighted by atomic mass is 10.4. The van der Waals surface area contributed by atoms with Crippen molar-refractivity contribution in [2.75, 3.05) is 0 Å². The van der Waals surface area contributed by atoms with Gasteiger partial charge in [-0.15, -0.1) is 0 Å². The van der Waals surface area contributed by atoms with E-state index in [9.17, 15) is 0 Å². The van der Waals surface area contributed by atoms with E-state index in [2.05, 4.69) is 16.2 Å². The van der Waals surface area contributed by atoms with Gasteiger partial charge >= 0.3 is 0 Å². The van der Waals surface area contributed by atoms with Crippen LogP contribution < -0.4 is 0 Å². The molecule has 0 bridgehead atoms. The van der Waals surface area contributed by atoms with Crippen LogP contribution in [0.25, 0.3) is 0 Å². The second kappa shape index (κ2) is 4.37. The number of nitrogens with zero attached hydrogens (tertiary/aromatic N) is 4. The first-order chi connectivity index (χ1) is 7.70. The fourth-order valence-corrected chi connectivity index (χ4v) is 2.32. The van der Waals surface area contributed by atoms with Crippen molar-refractivity contribution in [3.05, 3.63) is 35.8 Å². The van der Waals surface area contributed by atoms with E-state index in [1.165, 1.54) is 11.8 Å². The lowest BCUT2D eigenvalue weighted by Gasteiger charge is -2.02. The van der Waals surface area contributed by atoms with Gasteiger partial charge in [0.05, 0.1) is 15.6 Å². The standard InChI is InChI=1S/C11H10N4S/c1-8-6-11(15(2)14-8)16-10-4-3-5-13-9(10)7-12/h3-6H,1-2H3. The molecule has 4 nitrogen and oxygen atoms in total. The molecular weight excluding hydrogens is 220 g/mol. The summed E-state index contributed by atoms with van der Waals surface area (Å²) in [7, 11) is 1.89. The molecule has 0 atom stereocenters. The number of pyridine rings is 1. The first-order valence-electron chi connectivity index (χ1n) is 4.74. The number of hydrogen-bond acceptors (Lipinski definition) is 4. The molecule has 0 aliphatic heterocycles. The van der Waals surface area contributed by atoms with Crippen LogP contribution in [0.1, 0.15) is 11.4 Å². The Balaban J connectivity index is 2.34. The molecule has 16 heavy (non-hydrogen) atoms. The Morgan fingerprint density at radius 1 is 1.50 bits per heavy atom. The molecule has 2 rings (SSSR count). The van der Waals surface area contributed by atoms with Crippen molar-refractivity contribution in [3.8, 4) is 6.07 Å². The summed E-state index contributed by atoms with van der Waals surface area (Å²) in [5.74, 6) is 0. The maximum absolute atomic E-state index is 8.92. The van der Waals surface area contributed by atoms with Crippen molar-refractivity contribution in [2.24, 2.45) is 7.05 Å². The van der Waals surface area contributed by atoms with Crippen LogP contribution in [0.15, 0.2) is 34.3 Å². The Bertz CT molecular complexity index is 553. The molecule has 5 heteroatoms. The second-order valence-electron chi connectivity index (χ2n) is 3.31. The van der Waals surface area contributed by atoms with E-state index >= 15 is 0 Å². The van der Waals surface area contributed by atoms with Crippen molar-refractivity contribution in [2.45, 2.75) is 16.8 Å². The van der Waals surface area contributed by atoms with E-state index in [1.54, 1.807) is 10.9 Å². The normalized spacial score (nSPS) is 10.1. The average Bonchev–Trinajstić information content (AvgIpc) is 2.58. The quantitative estimate of drug-likeness (QED) is 0.793. The van der Waals surface area contributed by atoms with E-state index in [0.29, 0.717) is 5.69 Å². The third-order valence-corrected chi connectivity index (χ3v) is 3.19. The van der Waals surface area contributed by atoms with Gasteiger partial charge in [-0.3, -0.25) is 4.68 Å². The predicted molar refractivity (Wildman–Crippen MR) is 61.0 cm³/mol. The maximum atomic E-state index is 8.92. The smallest absolute Gasteiger partial charge is 0.154 e. The Kier molecular flexibility index (Phi) is 2.93. The molecule has 0 N–H and O–H groups in total. The SMILES string of the molecule is Cc1cc(Sc2cccnc2C#N)n(C)n1. The molecule has 0 amide bonds. The van der Waals surface area contributed by atoms with Crippen LogP contribution in [0.3, 0.4) is 0 Å². The highest BCUT2D eigenvalue weighted by atomic mass is 32.2. The van der Waals surface area contributed by atoms with Gasteiger partial charge in [-0.2, -0.15) is 10.4 Å². The number of aryl methyl sites for hydroxylation is 2. The summed E-state index contributed by atoms with van der Waals surface area (Å²) >= 11 is 1.50. The second-order valence-corrected chi connectivity index (χ2v) is 4.37. The molecule has 0 fully saturated rings. The van der Waals surface area contributed by atoms with Crippen LogP contribution in [0.4, 0.5) is 0 Å². The number of rotatable bonds is 2. The molecule has 0 radical (unpaired) electrons. The molecule has 80 valence electrons. The maximum Gasteiger partial charge on any atom is 0.154 e. The van der Waals surface area contributed by atoms with Crippen LogP contribution in [0.2, 0.25) is 0 Å². The summed E-state index contributed by atoms with van der Waals surface area (Å²) in [4.78, 5) is 4.87. The van der Waals surface area contributed by atoms with E-state index in [4.69, 9.17) is 5.26 Å². The van der Waals surface area contributed by atoms with Crippen LogP contribution in [0, 0.1) is 18.3 Å². The molecule has 2 aromatic heterocycles.